The largest absolute Gasteiger partial charge is 0.348 e. The number of carbonyl (C=O) groups excluding carboxylic acids is 1. The summed E-state index contributed by atoms with van der Waals surface area (Å²) in [4.78, 5) is 23.5. The zero-order valence-electron chi connectivity index (χ0n) is 12.7. The summed E-state index contributed by atoms with van der Waals surface area (Å²) >= 11 is 0. The molecule has 0 aliphatic heterocycles. The summed E-state index contributed by atoms with van der Waals surface area (Å²) in [5.74, 6) is -0.879. The maximum absolute atomic E-state index is 13.1. The van der Waals surface area contributed by atoms with E-state index >= 15 is 0 Å². The molecule has 0 saturated carbocycles. The summed E-state index contributed by atoms with van der Waals surface area (Å²) in [6, 6.07) is 9.99. The van der Waals surface area contributed by atoms with Crippen LogP contribution >= 0.6 is 0 Å². The molecule has 1 aromatic heterocycles. The molecular weight excluding hydrogens is 283 g/mol. The lowest BCUT2D eigenvalue weighted by molar-refractivity contribution is -0.122. The van der Waals surface area contributed by atoms with E-state index in [4.69, 9.17) is 0 Å². The molecule has 2 aromatic rings. The van der Waals surface area contributed by atoms with E-state index < -0.39 is 11.4 Å². The summed E-state index contributed by atoms with van der Waals surface area (Å²) in [6.07, 6.45) is 1.99. The number of hydrogen-bond acceptors (Lipinski definition) is 2. The average molecular weight is 302 g/mol. The molecule has 0 aliphatic rings. The van der Waals surface area contributed by atoms with Crippen LogP contribution in [0.25, 0.3) is 0 Å². The van der Waals surface area contributed by atoms with Crippen molar-refractivity contribution in [2.45, 2.75) is 32.9 Å². The molecule has 0 unspecified atom stereocenters. The van der Waals surface area contributed by atoms with Gasteiger partial charge in [0.05, 0.1) is 6.04 Å². The van der Waals surface area contributed by atoms with E-state index in [1.807, 2.05) is 31.2 Å². The van der Waals surface area contributed by atoms with Crippen LogP contribution in [-0.2, 0) is 17.8 Å². The van der Waals surface area contributed by atoms with Gasteiger partial charge in [-0.05, 0) is 30.5 Å². The Balaban J connectivity index is 2.01. The Morgan fingerprint density at radius 2 is 1.91 bits per heavy atom. The van der Waals surface area contributed by atoms with E-state index in [0.717, 1.165) is 34.9 Å². The fourth-order valence-corrected chi connectivity index (χ4v) is 2.19. The van der Waals surface area contributed by atoms with Crippen molar-refractivity contribution in [3.63, 3.8) is 0 Å². The van der Waals surface area contributed by atoms with Gasteiger partial charge in [-0.3, -0.25) is 9.59 Å². The topological polar surface area (TPSA) is 51.1 Å². The molecule has 2 rings (SSSR count). The van der Waals surface area contributed by atoms with E-state index in [-0.39, 0.29) is 18.5 Å². The Morgan fingerprint density at radius 3 is 2.55 bits per heavy atom. The number of nitrogens with one attached hydrogen (secondary N) is 1. The third-order valence-corrected chi connectivity index (χ3v) is 3.53. The fraction of sp³-hybridized carbons (Fsp3) is 0.294. The first kappa shape index (κ1) is 15.9. The molecule has 1 aromatic carbocycles. The first-order valence-corrected chi connectivity index (χ1v) is 7.23. The van der Waals surface area contributed by atoms with Crippen LogP contribution in [0.1, 0.15) is 31.0 Å². The van der Waals surface area contributed by atoms with Crippen molar-refractivity contribution in [3.8, 4) is 0 Å². The lowest BCUT2D eigenvalue weighted by Crippen LogP contribution is -2.33. The van der Waals surface area contributed by atoms with Crippen LogP contribution < -0.4 is 10.9 Å². The van der Waals surface area contributed by atoms with Crippen molar-refractivity contribution in [1.29, 1.82) is 0 Å². The Labute approximate surface area is 128 Å². The van der Waals surface area contributed by atoms with Gasteiger partial charge in [-0.25, -0.2) is 4.39 Å². The smallest absolute Gasteiger partial charge is 0.251 e. The molecule has 5 heteroatoms. The highest BCUT2D eigenvalue weighted by molar-refractivity contribution is 5.76. The van der Waals surface area contributed by atoms with Crippen molar-refractivity contribution in [1.82, 2.24) is 9.88 Å². The quantitative estimate of drug-likeness (QED) is 0.922. The lowest BCUT2D eigenvalue weighted by atomic mass is 10.1. The molecule has 0 fully saturated rings. The predicted molar refractivity (Wildman–Crippen MR) is 83.0 cm³/mol. The number of halogens is 1. The van der Waals surface area contributed by atoms with Crippen molar-refractivity contribution in [2.75, 3.05) is 0 Å². The highest BCUT2D eigenvalue weighted by Crippen LogP contribution is 2.13. The van der Waals surface area contributed by atoms with Crippen LogP contribution in [0.5, 0.6) is 0 Å². The molecule has 1 N–H and O–H groups in total. The van der Waals surface area contributed by atoms with Crippen molar-refractivity contribution in [3.05, 3.63) is 69.9 Å². The van der Waals surface area contributed by atoms with Crippen LogP contribution in [0.15, 0.2) is 47.4 Å². The van der Waals surface area contributed by atoms with Crippen LogP contribution in [0.3, 0.4) is 0 Å². The molecule has 0 radical (unpaired) electrons. The van der Waals surface area contributed by atoms with Gasteiger partial charge in [-0.2, -0.15) is 0 Å². The van der Waals surface area contributed by atoms with Gasteiger partial charge in [0.1, 0.15) is 12.4 Å². The number of benzene rings is 1. The molecule has 1 atom stereocenters. The minimum Gasteiger partial charge on any atom is -0.348 e. The third-order valence-electron chi connectivity index (χ3n) is 3.53. The van der Waals surface area contributed by atoms with Crippen LogP contribution in [-0.4, -0.2) is 10.5 Å². The van der Waals surface area contributed by atoms with E-state index in [9.17, 15) is 14.0 Å². The minimum absolute atomic E-state index is 0.178. The van der Waals surface area contributed by atoms with Gasteiger partial charge in [0.15, 0.2) is 0 Å². The molecule has 0 bridgehead atoms. The van der Waals surface area contributed by atoms with Gasteiger partial charge >= 0.3 is 0 Å². The summed E-state index contributed by atoms with van der Waals surface area (Å²) in [6.45, 7) is 3.75. The number of amides is 1. The summed E-state index contributed by atoms with van der Waals surface area (Å²) in [5, 5.41) is 2.81. The molecule has 22 heavy (non-hydrogen) atoms. The van der Waals surface area contributed by atoms with Gasteiger partial charge in [0.25, 0.3) is 5.56 Å². The fourth-order valence-electron chi connectivity index (χ4n) is 2.19. The normalized spacial score (nSPS) is 12.0. The van der Waals surface area contributed by atoms with Gasteiger partial charge in [0, 0.05) is 12.3 Å². The average Bonchev–Trinajstić information content (AvgIpc) is 2.51. The highest BCUT2D eigenvalue weighted by atomic mass is 19.1. The summed E-state index contributed by atoms with van der Waals surface area (Å²) in [5.41, 5.74) is 1.81. The first-order valence-electron chi connectivity index (χ1n) is 7.23. The van der Waals surface area contributed by atoms with E-state index in [1.54, 1.807) is 0 Å². The molecular formula is C17H19FN2O2. The predicted octanol–water partition coefficient (Wildman–Crippen LogP) is 2.43. The summed E-state index contributed by atoms with van der Waals surface area (Å²) < 4.78 is 14.2. The van der Waals surface area contributed by atoms with Gasteiger partial charge in [0.2, 0.25) is 5.91 Å². The van der Waals surface area contributed by atoms with Gasteiger partial charge in [-0.1, -0.05) is 31.2 Å². The van der Waals surface area contributed by atoms with E-state index in [2.05, 4.69) is 12.2 Å². The SMILES string of the molecule is CCc1ccc([C@@H](C)NC(=O)Cn2cc(F)ccc2=O)cc1. The monoisotopic (exact) mass is 302 g/mol. The van der Waals surface area contributed by atoms with Crippen molar-refractivity contribution in [2.24, 2.45) is 0 Å². The maximum atomic E-state index is 13.1. The number of hydrogen-bond donors (Lipinski definition) is 1. The van der Waals surface area contributed by atoms with E-state index in [1.165, 1.54) is 5.56 Å². The van der Waals surface area contributed by atoms with Crippen LogP contribution in [0.2, 0.25) is 0 Å². The standard InChI is InChI=1S/C17H19FN2O2/c1-3-13-4-6-14(7-5-13)12(2)19-16(21)11-20-10-15(18)8-9-17(20)22/h4-10,12H,3,11H2,1-2H3,(H,19,21)/t12-/m1/s1. The number of aryl methyl sites for hydroxylation is 1. The minimum atomic E-state index is -0.546. The number of carbonyl (C=O) groups is 1. The van der Waals surface area contributed by atoms with Crippen LogP contribution in [0, 0.1) is 5.82 Å². The molecule has 1 amide bonds. The zero-order valence-corrected chi connectivity index (χ0v) is 12.7. The molecule has 0 aliphatic carbocycles. The molecule has 116 valence electrons. The van der Waals surface area contributed by atoms with Crippen LogP contribution in [0.4, 0.5) is 4.39 Å². The first-order chi connectivity index (χ1) is 10.5. The number of pyridine rings is 1. The third kappa shape index (κ3) is 4.04. The van der Waals surface area contributed by atoms with Gasteiger partial charge in [-0.15, -0.1) is 0 Å². The molecule has 0 spiro atoms. The highest BCUT2D eigenvalue weighted by Gasteiger charge is 2.11. The number of rotatable bonds is 5. The summed E-state index contributed by atoms with van der Waals surface area (Å²) in [7, 11) is 0. The second-order valence-electron chi connectivity index (χ2n) is 5.20. The second kappa shape index (κ2) is 7.02. The Kier molecular flexibility index (Phi) is 5.09. The second-order valence-corrected chi connectivity index (χ2v) is 5.20. The number of nitrogens with zero attached hydrogens (tertiary/aromatic N) is 1. The van der Waals surface area contributed by atoms with Crippen molar-refractivity contribution < 1.29 is 9.18 Å². The van der Waals surface area contributed by atoms with Crippen molar-refractivity contribution >= 4 is 5.91 Å². The Bertz CT molecular complexity index is 707. The van der Waals surface area contributed by atoms with E-state index in [0.29, 0.717) is 0 Å². The zero-order chi connectivity index (χ0) is 16.1. The lowest BCUT2D eigenvalue weighted by Gasteiger charge is -2.15. The number of aromatic nitrogens is 1. The maximum Gasteiger partial charge on any atom is 0.251 e. The Hall–Kier alpha value is -2.43. The molecule has 1 heterocycles. The Morgan fingerprint density at radius 1 is 1.23 bits per heavy atom. The van der Waals surface area contributed by atoms with Gasteiger partial charge < -0.3 is 9.88 Å². The molecule has 4 nitrogen and oxygen atoms in total. The molecule has 0 saturated heterocycles.